The third-order valence-corrected chi connectivity index (χ3v) is 3.62. The lowest BCUT2D eigenvalue weighted by molar-refractivity contribution is 0.346. The van der Waals surface area contributed by atoms with E-state index in [0.717, 1.165) is 17.7 Å². The average Bonchev–Trinajstić information content (AvgIpc) is 2.77. The van der Waals surface area contributed by atoms with E-state index in [1.165, 1.54) is 25.7 Å². The van der Waals surface area contributed by atoms with Crippen molar-refractivity contribution >= 4 is 11.6 Å². The summed E-state index contributed by atoms with van der Waals surface area (Å²) in [6.07, 6.45) is 5.30. The Hall–Kier alpha value is -0.570. The lowest BCUT2D eigenvalue weighted by Gasteiger charge is -2.17. The fourth-order valence-corrected chi connectivity index (χ4v) is 3.03. The molecular formula is C9H11ClN2O. The molecule has 0 aromatic carbocycles. The van der Waals surface area contributed by atoms with E-state index >= 15 is 0 Å². The van der Waals surface area contributed by atoms with E-state index in [1.54, 1.807) is 0 Å². The van der Waals surface area contributed by atoms with Crippen LogP contribution in [0.3, 0.4) is 0 Å². The molecular weight excluding hydrogens is 188 g/mol. The maximum absolute atomic E-state index is 5.60. The molecule has 1 heterocycles. The molecule has 0 saturated heterocycles. The molecule has 2 fully saturated rings. The van der Waals surface area contributed by atoms with Gasteiger partial charge in [-0.3, -0.25) is 0 Å². The minimum atomic E-state index is 0.178. The molecule has 3 nitrogen and oxygen atoms in total. The molecule has 2 aliphatic rings. The molecule has 0 N–H and O–H groups in total. The van der Waals surface area contributed by atoms with Gasteiger partial charge in [-0.1, -0.05) is 11.5 Å². The van der Waals surface area contributed by atoms with E-state index in [4.69, 9.17) is 16.0 Å². The van der Waals surface area contributed by atoms with E-state index in [0.29, 0.717) is 5.92 Å². The number of hydrogen-bond donors (Lipinski definition) is 0. The Labute approximate surface area is 81.5 Å². The number of rotatable bonds is 1. The molecule has 3 unspecified atom stereocenters. The Morgan fingerprint density at radius 3 is 2.69 bits per heavy atom. The lowest BCUT2D eigenvalue weighted by Crippen LogP contribution is -2.08. The second-order valence-electron chi connectivity index (χ2n) is 4.17. The SMILES string of the molecule is Clc1nnc(C2CC3CCC2C3)o1. The van der Waals surface area contributed by atoms with Crippen LogP contribution in [0.15, 0.2) is 4.42 Å². The summed E-state index contributed by atoms with van der Waals surface area (Å²) in [5.74, 6) is 2.94. The summed E-state index contributed by atoms with van der Waals surface area (Å²) in [5, 5.41) is 7.84. The lowest BCUT2D eigenvalue weighted by atomic mass is 9.89. The highest BCUT2D eigenvalue weighted by Gasteiger charge is 2.42. The fraction of sp³-hybridized carbons (Fsp3) is 0.778. The average molecular weight is 199 g/mol. The fourth-order valence-electron chi connectivity index (χ4n) is 2.91. The molecule has 3 rings (SSSR count). The van der Waals surface area contributed by atoms with Crippen LogP contribution >= 0.6 is 11.6 Å². The third-order valence-electron chi connectivity index (χ3n) is 3.47. The number of nitrogens with zero attached hydrogens (tertiary/aromatic N) is 2. The van der Waals surface area contributed by atoms with Crippen molar-refractivity contribution < 1.29 is 4.42 Å². The van der Waals surface area contributed by atoms with Crippen LogP contribution in [0.1, 0.15) is 37.5 Å². The first-order valence-corrected chi connectivity index (χ1v) is 5.19. The van der Waals surface area contributed by atoms with Crippen LogP contribution in [0.4, 0.5) is 0 Å². The van der Waals surface area contributed by atoms with E-state index < -0.39 is 0 Å². The van der Waals surface area contributed by atoms with Gasteiger partial charge in [-0.15, -0.1) is 5.10 Å². The van der Waals surface area contributed by atoms with Crippen LogP contribution < -0.4 is 0 Å². The van der Waals surface area contributed by atoms with Gasteiger partial charge in [0.05, 0.1) is 0 Å². The maximum atomic E-state index is 5.60. The van der Waals surface area contributed by atoms with Crippen LogP contribution in [0.25, 0.3) is 0 Å². The van der Waals surface area contributed by atoms with Crippen molar-refractivity contribution in [1.82, 2.24) is 10.2 Å². The summed E-state index contributed by atoms with van der Waals surface area (Å²) in [4.78, 5) is 0. The summed E-state index contributed by atoms with van der Waals surface area (Å²) in [6, 6.07) is 0. The molecule has 0 spiro atoms. The van der Waals surface area contributed by atoms with Gasteiger partial charge < -0.3 is 4.42 Å². The summed E-state index contributed by atoms with van der Waals surface area (Å²) in [7, 11) is 0. The summed E-state index contributed by atoms with van der Waals surface area (Å²) >= 11 is 5.60. The topological polar surface area (TPSA) is 38.9 Å². The van der Waals surface area contributed by atoms with Gasteiger partial charge in [0.1, 0.15) is 0 Å². The van der Waals surface area contributed by atoms with Gasteiger partial charge in [-0.05, 0) is 42.7 Å². The first kappa shape index (κ1) is 7.80. The monoisotopic (exact) mass is 198 g/mol. The smallest absolute Gasteiger partial charge is 0.312 e. The van der Waals surface area contributed by atoms with Crippen molar-refractivity contribution in [2.24, 2.45) is 11.8 Å². The van der Waals surface area contributed by atoms with Crippen molar-refractivity contribution in [3.63, 3.8) is 0 Å². The van der Waals surface area contributed by atoms with Crippen molar-refractivity contribution in [2.45, 2.75) is 31.6 Å². The Balaban J connectivity index is 1.87. The quantitative estimate of drug-likeness (QED) is 0.697. The zero-order valence-corrected chi connectivity index (χ0v) is 8.00. The highest BCUT2D eigenvalue weighted by atomic mass is 35.5. The second kappa shape index (κ2) is 2.71. The van der Waals surface area contributed by atoms with Gasteiger partial charge in [0.15, 0.2) is 0 Å². The van der Waals surface area contributed by atoms with E-state index in [1.807, 2.05) is 0 Å². The molecule has 1 aromatic heterocycles. The number of halogens is 1. The van der Waals surface area contributed by atoms with Gasteiger partial charge in [0.25, 0.3) is 0 Å². The first-order chi connectivity index (χ1) is 6.33. The van der Waals surface area contributed by atoms with Gasteiger partial charge >= 0.3 is 5.35 Å². The summed E-state index contributed by atoms with van der Waals surface area (Å²) in [6.45, 7) is 0. The van der Waals surface area contributed by atoms with Crippen molar-refractivity contribution in [3.8, 4) is 0 Å². The molecule has 4 heteroatoms. The molecule has 2 aliphatic carbocycles. The largest absolute Gasteiger partial charge is 0.412 e. The zero-order valence-electron chi connectivity index (χ0n) is 7.24. The minimum Gasteiger partial charge on any atom is -0.412 e. The van der Waals surface area contributed by atoms with Crippen LogP contribution in [0, 0.1) is 11.8 Å². The molecule has 70 valence electrons. The highest BCUT2D eigenvalue weighted by Crippen LogP contribution is 2.52. The highest BCUT2D eigenvalue weighted by molar-refractivity contribution is 6.27. The molecule has 1 aromatic rings. The first-order valence-electron chi connectivity index (χ1n) is 4.82. The van der Waals surface area contributed by atoms with Gasteiger partial charge in [-0.2, -0.15) is 0 Å². The second-order valence-corrected chi connectivity index (χ2v) is 4.50. The standard InChI is InChI=1S/C9H11ClN2O/c10-9-12-11-8(13-9)7-4-5-1-2-6(7)3-5/h5-7H,1-4H2. The molecule has 0 aliphatic heterocycles. The molecule has 0 amide bonds. The summed E-state index contributed by atoms with van der Waals surface area (Å²) < 4.78 is 5.26. The van der Waals surface area contributed by atoms with Gasteiger partial charge in [0.2, 0.25) is 5.89 Å². The minimum absolute atomic E-state index is 0.178. The molecule has 0 radical (unpaired) electrons. The number of hydrogen-bond acceptors (Lipinski definition) is 3. The van der Waals surface area contributed by atoms with Crippen molar-refractivity contribution in [3.05, 3.63) is 11.2 Å². The van der Waals surface area contributed by atoms with E-state index in [2.05, 4.69) is 10.2 Å². The van der Waals surface area contributed by atoms with Gasteiger partial charge in [0, 0.05) is 5.92 Å². The normalized spacial score (nSPS) is 37.2. The molecule has 13 heavy (non-hydrogen) atoms. The Bertz CT molecular complexity index is 325. The predicted molar refractivity (Wildman–Crippen MR) is 47.5 cm³/mol. The van der Waals surface area contributed by atoms with E-state index in [9.17, 15) is 0 Å². The maximum Gasteiger partial charge on any atom is 0.312 e. The molecule has 2 bridgehead atoms. The molecule has 3 atom stereocenters. The van der Waals surface area contributed by atoms with Crippen LogP contribution in [0.5, 0.6) is 0 Å². The van der Waals surface area contributed by atoms with Crippen LogP contribution in [0.2, 0.25) is 5.35 Å². The molecule has 2 saturated carbocycles. The Morgan fingerprint density at radius 1 is 1.23 bits per heavy atom. The predicted octanol–water partition coefficient (Wildman–Crippen LogP) is 2.63. The Kier molecular flexibility index (Phi) is 1.62. The van der Waals surface area contributed by atoms with Crippen molar-refractivity contribution in [1.29, 1.82) is 0 Å². The Morgan fingerprint density at radius 2 is 2.15 bits per heavy atom. The van der Waals surface area contributed by atoms with Gasteiger partial charge in [-0.25, -0.2) is 0 Å². The number of fused-ring (bicyclic) bond motifs is 2. The van der Waals surface area contributed by atoms with Crippen molar-refractivity contribution in [2.75, 3.05) is 0 Å². The van der Waals surface area contributed by atoms with E-state index in [-0.39, 0.29) is 5.35 Å². The van der Waals surface area contributed by atoms with Crippen LogP contribution in [-0.2, 0) is 0 Å². The van der Waals surface area contributed by atoms with Crippen LogP contribution in [-0.4, -0.2) is 10.2 Å². The summed E-state index contributed by atoms with van der Waals surface area (Å²) in [5.41, 5.74) is 0. The number of aromatic nitrogens is 2. The third kappa shape index (κ3) is 1.17. The zero-order chi connectivity index (χ0) is 8.84.